The minimum atomic E-state index is -1.03. The second-order valence-corrected chi connectivity index (χ2v) is 19.2. The third kappa shape index (κ3) is 10.1. The van der Waals surface area contributed by atoms with Gasteiger partial charge in [0.15, 0.2) is 0 Å². The largest absolute Gasteiger partial charge is 2.00 e. The molecule has 11 aromatic rings. The summed E-state index contributed by atoms with van der Waals surface area (Å²) in [7, 11) is 0. The average Bonchev–Trinajstić information content (AvgIpc) is 4.43. The van der Waals surface area contributed by atoms with Crippen LogP contribution in [-0.4, -0.2) is 32.1 Å². The first-order valence-corrected chi connectivity index (χ1v) is 26.1. The molecule has 13 rings (SSSR count). The summed E-state index contributed by atoms with van der Waals surface area (Å²) in [6, 6.07) is 79.5. The van der Waals surface area contributed by atoms with E-state index in [9.17, 15) is 19.8 Å². The second kappa shape index (κ2) is 22.1. The standard InChI is InChI=1S/C70H48N6O4.Zn/c77-69(78)49-25-21-45(22-26-49)65-57-37-38-58(71-57)66(46-23-27-50(28-24-46)70(79)80)60-40-42-62(73-60)68(48-31-35-56(36-32-48)76(53-17-9-3-10-18-53)54-19-11-4-12-20-54)64-44-43-63(74-64)67(61-41-39-59(65)72-61)47-29-33-55(34-30-47)75(51-13-5-1-6-14-51)52-15-7-2-8-16-52;/h1-44H,(H4,71,72,73,74,77,78,79,80);/q;+2/p-2. The molecule has 2 aliphatic rings. The molecule has 0 radical (unpaired) electrons. The van der Waals surface area contributed by atoms with Crippen LogP contribution < -0.4 is 19.8 Å². The van der Waals surface area contributed by atoms with Crippen LogP contribution in [0, 0.1) is 0 Å². The van der Waals surface area contributed by atoms with E-state index in [1.54, 1.807) is 48.5 Å². The van der Waals surface area contributed by atoms with Gasteiger partial charge in [0.2, 0.25) is 0 Å². The Kier molecular flexibility index (Phi) is 14.0. The minimum absolute atomic E-state index is 0. The van der Waals surface area contributed by atoms with E-state index in [0.29, 0.717) is 67.1 Å². The normalized spacial score (nSPS) is 11.5. The molecule has 0 atom stereocenters. The van der Waals surface area contributed by atoms with Crippen LogP contribution in [0.2, 0.25) is 0 Å². The number of fused-ring (bicyclic) bond motifs is 8. The van der Waals surface area contributed by atoms with Gasteiger partial charge in [-0.05, 0) is 166 Å². The number of rotatable bonds is 12. The van der Waals surface area contributed by atoms with Gasteiger partial charge in [-0.1, -0.05) is 146 Å². The molecule has 0 saturated carbocycles. The molecule has 0 fully saturated rings. The number of hydrogen-bond donors (Lipinski definition) is 2. The van der Waals surface area contributed by atoms with E-state index in [2.05, 4.69) is 107 Å². The summed E-state index contributed by atoms with van der Waals surface area (Å²) in [6.45, 7) is 0. The predicted molar refractivity (Wildman–Crippen MR) is 322 cm³/mol. The molecule has 11 heteroatoms. The van der Waals surface area contributed by atoms with Crippen LogP contribution in [0.4, 0.5) is 34.1 Å². The van der Waals surface area contributed by atoms with Crippen molar-refractivity contribution in [2.45, 2.75) is 0 Å². The molecule has 81 heavy (non-hydrogen) atoms. The molecule has 3 aromatic heterocycles. The molecule has 8 bridgehead atoms. The van der Waals surface area contributed by atoms with E-state index in [1.165, 1.54) is 0 Å². The van der Waals surface area contributed by atoms with Gasteiger partial charge in [0.1, 0.15) is 0 Å². The van der Waals surface area contributed by atoms with Crippen LogP contribution in [0.3, 0.4) is 0 Å². The summed E-state index contributed by atoms with van der Waals surface area (Å²) in [5.74, 6) is -2.07. The van der Waals surface area contributed by atoms with Crippen LogP contribution >= 0.6 is 0 Å². The molecule has 5 heterocycles. The molecule has 10 nitrogen and oxygen atoms in total. The number of carbonyl (C=O) groups is 2. The predicted octanol–water partition coefficient (Wildman–Crippen LogP) is 16.9. The van der Waals surface area contributed by atoms with Crippen LogP contribution in [0.1, 0.15) is 43.5 Å². The Morgan fingerprint density at radius 2 is 0.519 bits per heavy atom. The first kappa shape index (κ1) is 51.3. The smallest absolute Gasteiger partial charge is 0.657 e. The molecular formula is C70H46N6O4Zn. The number of anilines is 6. The average molecular weight is 1100 g/mol. The quantitative estimate of drug-likeness (QED) is 0.114. The summed E-state index contributed by atoms with van der Waals surface area (Å²) in [5.41, 5.74) is 17.7. The fraction of sp³-hybridized carbons (Fsp3) is 0. The summed E-state index contributed by atoms with van der Waals surface area (Å²) in [6.07, 6.45) is 7.95. The van der Waals surface area contributed by atoms with Crippen molar-refractivity contribution in [3.8, 4) is 44.5 Å². The maximum Gasteiger partial charge on any atom is 2.00 e. The zero-order valence-electron chi connectivity index (χ0n) is 43.5. The van der Waals surface area contributed by atoms with Crippen molar-refractivity contribution in [3.05, 3.63) is 277 Å². The van der Waals surface area contributed by atoms with Crippen LogP contribution in [0.5, 0.6) is 0 Å². The number of hydrogen-bond acceptors (Lipinski definition) is 6. The minimum Gasteiger partial charge on any atom is -0.657 e. The van der Waals surface area contributed by atoms with Gasteiger partial charge in [-0.15, -0.1) is 22.1 Å². The number of aromatic carboxylic acids is 2. The van der Waals surface area contributed by atoms with Crippen molar-refractivity contribution < 1.29 is 39.3 Å². The zero-order valence-corrected chi connectivity index (χ0v) is 46.5. The van der Waals surface area contributed by atoms with Gasteiger partial charge in [-0.3, -0.25) is 0 Å². The van der Waals surface area contributed by atoms with Crippen molar-refractivity contribution in [3.63, 3.8) is 0 Å². The van der Waals surface area contributed by atoms with E-state index in [4.69, 9.17) is 19.9 Å². The van der Waals surface area contributed by atoms with E-state index in [0.717, 1.165) is 56.4 Å². The molecule has 8 aromatic carbocycles. The second-order valence-electron chi connectivity index (χ2n) is 19.2. The number of para-hydroxylation sites is 4. The zero-order chi connectivity index (χ0) is 54.1. The number of carboxylic acids is 2. The number of aromatic nitrogens is 4. The van der Waals surface area contributed by atoms with Crippen molar-refractivity contribution in [2.24, 2.45) is 0 Å². The van der Waals surface area contributed by atoms with Crippen LogP contribution in [-0.2, 0) is 19.5 Å². The Bertz CT molecular complexity index is 4020. The van der Waals surface area contributed by atoms with Crippen molar-refractivity contribution >= 4 is 92.4 Å². The van der Waals surface area contributed by atoms with Crippen molar-refractivity contribution in [2.75, 3.05) is 9.80 Å². The molecule has 382 valence electrons. The fourth-order valence-electron chi connectivity index (χ4n) is 10.6. The molecule has 2 aliphatic heterocycles. The Morgan fingerprint density at radius 3 is 0.753 bits per heavy atom. The third-order valence-electron chi connectivity index (χ3n) is 14.3. The van der Waals surface area contributed by atoms with Gasteiger partial charge in [-0.25, -0.2) is 19.6 Å². The van der Waals surface area contributed by atoms with Crippen LogP contribution in [0.25, 0.3) is 90.9 Å². The Morgan fingerprint density at radius 1 is 0.296 bits per heavy atom. The van der Waals surface area contributed by atoms with Crippen LogP contribution in [0.15, 0.2) is 243 Å². The fourth-order valence-corrected chi connectivity index (χ4v) is 10.6. The monoisotopic (exact) mass is 1100 g/mol. The number of benzene rings is 8. The summed E-state index contributed by atoms with van der Waals surface area (Å²) in [4.78, 5) is 50.4. The molecule has 2 N–H and O–H groups in total. The first-order chi connectivity index (χ1) is 39.3. The van der Waals surface area contributed by atoms with E-state index >= 15 is 0 Å². The molecule has 0 amide bonds. The third-order valence-corrected chi connectivity index (χ3v) is 14.3. The van der Waals surface area contributed by atoms with Gasteiger partial charge in [0.25, 0.3) is 0 Å². The van der Waals surface area contributed by atoms with Gasteiger partial charge in [0, 0.05) is 34.1 Å². The number of nitrogens with zero attached hydrogens (tertiary/aromatic N) is 6. The Hall–Kier alpha value is -10.5. The first-order valence-electron chi connectivity index (χ1n) is 26.1. The van der Waals surface area contributed by atoms with Gasteiger partial charge < -0.3 is 30.0 Å². The summed E-state index contributed by atoms with van der Waals surface area (Å²) >= 11 is 0. The summed E-state index contributed by atoms with van der Waals surface area (Å²) in [5, 5.41) is 19.8. The topological polar surface area (TPSA) is 135 Å². The molecule has 0 saturated heterocycles. The van der Waals surface area contributed by atoms with E-state index in [1.807, 2.05) is 121 Å². The van der Waals surface area contributed by atoms with Crippen molar-refractivity contribution in [1.82, 2.24) is 19.9 Å². The van der Waals surface area contributed by atoms with Gasteiger partial charge >= 0.3 is 31.4 Å². The molecule has 0 unspecified atom stereocenters. The molecule has 0 aliphatic carbocycles. The summed E-state index contributed by atoms with van der Waals surface area (Å²) < 4.78 is 0. The number of carboxylic acid groups (broad SMARTS) is 2. The van der Waals surface area contributed by atoms with E-state index < -0.39 is 11.9 Å². The Balaban J connectivity index is 0.00000651. The SMILES string of the molecule is O=C(O)c1ccc(-c2c3nc(c(-c4ccc(C(=O)O)cc4)c4ccc([n-]4)c(-c4ccc(N(c5ccccc5)c5ccccc5)cc4)c4nc(c(-c5ccc(N(c6ccccc6)c6ccccc6)cc5)c5ccc2[n-]5)C=C4)C=C3)cc1.[Zn+2]. The molecular weight excluding hydrogens is 1050 g/mol. The Labute approximate surface area is 479 Å². The van der Waals surface area contributed by atoms with Crippen molar-refractivity contribution in [1.29, 1.82) is 0 Å². The van der Waals surface area contributed by atoms with Gasteiger partial charge in [-0.2, -0.15) is 0 Å². The maximum atomic E-state index is 12.1. The van der Waals surface area contributed by atoms with Gasteiger partial charge in [0.05, 0.1) is 33.9 Å². The van der Waals surface area contributed by atoms with E-state index in [-0.39, 0.29) is 30.6 Å². The maximum absolute atomic E-state index is 12.1. The molecule has 0 spiro atoms.